The maximum absolute atomic E-state index is 15.2. The zero-order valence-electron chi connectivity index (χ0n) is 20.7. The molecule has 0 unspecified atom stereocenters. The number of hydrogen-bond donors (Lipinski definition) is 3. The number of fused-ring (bicyclic) bond motifs is 1. The fourth-order valence-electron chi connectivity index (χ4n) is 5.05. The number of H-pyrrole nitrogens is 1. The highest BCUT2D eigenvalue weighted by Crippen LogP contribution is 2.39. The first kappa shape index (κ1) is 24.9. The van der Waals surface area contributed by atoms with E-state index in [-0.39, 0.29) is 5.54 Å². The van der Waals surface area contributed by atoms with E-state index in [0.29, 0.717) is 55.6 Å². The lowest BCUT2D eigenvalue weighted by Gasteiger charge is -2.37. The molecule has 3 aromatic heterocycles. The molecule has 0 bridgehead atoms. The van der Waals surface area contributed by atoms with E-state index in [2.05, 4.69) is 35.5 Å². The molecule has 2 aliphatic carbocycles. The van der Waals surface area contributed by atoms with Crippen LogP contribution in [0.2, 0.25) is 0 Å². The van der Waals surface area contributed by atoms with E-state index in [0.717, 1.165) is 18.5 Å². The van der Waals surface area contributed by atoms with Gasteiger partial charge in [0.25, 0.3) is 0 Å². The predicted octanol–water partition coefficient (Wildman–Crippen LogP) is 3.48. The van der Waals surface area contributed by atoms with Crippen molar-refractivity contribution in [2.24, 2.45) is 0 Å². The molecule has 4 heterocycles. The number of nitrogens with one attached hydrogen (secondary N) is 3. The van der Waals surface area contributed by atoms with E-state index in [1.807, 2.05) is 18.0 Å². The largest absolute Gasteiger partial charge is 0.443 e. The molecule has 14 heteroatoms. The van der Waals surface area contributed by atoms with Gasteiger partial charge in [0, 0.05) is 55.2 Å². The molecule has 3 aromatic rings. The van der Waals surface area contributed by atoms with Crippen molar-refractivity contribution in [1.82, 2.24) is 34.8 Å². The molecule has 2 saturated carbocycles. The summed E-state index contributed by atoms with van der Waals surface area (Å²) in [5.41, 5.74) is 1.81. The van der Waals surface area contributed by atoms with Crippen molar-refractivity contribution >= 4 is 23.5 Å². The molecule has 3 N–H and O–H groups in total. The number of hydrogen-bond acceptors (Lipinski definition) is 8. The van der Waals surface area contributed by atoms with Crippen LogP contribution in [-0.2, 0) is 16.0 Å². The number of nitrogens with zero attached hydrogens (tertiary/aromatic N) is 5. The van der Waals surface area contributed by atoms with Gasteiger partial charge < -0.3 is 20.1 Å². The zero-order chi connectivity index (χ0) is 26.4. The van der Waals surface area contributed by atoms with Crippen molar-refractivity contribution in [3.05, 3.63) is 35.9 Å². The standard InChI is InChI=1S/C24H29F3N8O3/c1-24(5-6-24)31-23(36)38-17-3-2-15(20(17)25)16-8-18(33-32-16)30-22-28-7-4-19-29-13(10-35(19)22)9-34-11-14(12-34)37-21(26)27/h4,7-8,10,14-15,17,20-21H,2-3,5-6,9,11-12H2,1H3,(H,31,36)(H2,28,30,32,33)/t15-,17-,20-/m1/s1. The van der Waals surface area contributed by atoms with Gasteiger partial charge in [-0.15, -0.1) is 0 Å². The molecule has 1 aliphatic heterocycles. The molecule has 3 aliphatic rings. The Morgan fingerprint density at radius 1 is 1.32 bits per heavy atom. The Labute approximate surface area is 216 Å². The van der Waals surface area contributed by atoms with E-state index in [4.69, 9.17) is 4.74 Å². The molecule has 38 heavy (non-hydrogen) atoms. The fourth-order valence-corrected chi connectivity index (χ4v) is 5.05. The number of anilines is 2. The van der Waals surface area contributed by atoms with E-state index in [1.165, 1.54) is 0 Å². The van der Waals surface area contributed by atoms with Crippen LogP contribution in [0.3, 0.4) is 0 Å². The molecule has 0 aromatic carbocycles. The summed E-state index contributed by atoms with van der Waals surface area (Å²) in [4.78, 5) is 23.0. The predicted molar refractivity (Wildman–Crippen MR) is 129 cm³/mol. The van der Waals surface area contributed by atoms with Crippen molar-refractivity contribution in [2.75, 3.05) is 18.4 Å². The van der Waals surface area contributed by atoms with Gasteiger partial charge in [-0.1, -0.05) is 0 Å². The molecule has 3 atom stereocenters. The van der Waals surface area contributed by atoms with Gasteiger partial charge in [0.05, 0.1) is 11.8 Å². The topological polar surface area (TPSA) is 122 Å². The number of alkyl halides is 3. The van der Waals surface area contributed by atoms with E-state index in [9.17, 15) is 13.6 Å². The number of carbonyl (C=O) groups is 1. The van der Waals surface area contributed by atoms with Crippen LogP contribution in [0, 0.1) is 0 Å². The van der Waals surface area contributed by atoms with Gasteiger partial charge >= 0.3 is 12.7 Å². The van der Waals surface area contributed by atoms with E-state index in [1.54, 1.807) is 22.7 Å². The first-order chi connectivity index (χ1) is 18.2. The number of rotatable bonds is 9. The van der Waals surface area contributed by atoms with Crippen LogP contribution in [0.25, 0.3) is 5.65 Å². The summed E-state index contributed by atoms with van der Waals surface area (Å²) in [5, 5.41) is 13.1. The number of ether oxygens (including phenoxy) is 2. The molecule has 204 valence electrons. The SMILES string of the molecule is CC1(NC(=O)O[C@@H]2CC[C@H](c3cc(Nc4nccc5nc(CN6CC(OC(F)F)C6)cn45)n[nH]3)[C@H]2F)CC1. The molecule has 0 radical (unpaired) electrons. The highest BCUT2D eigenvalue weighted by atomic mass is 19.3. The van der Waals surface area contributed by atoms with Gasteiger partial charge in [-0.05, 0) is 38.7 Å². The van der Waals surface area contributed by atoms with Crippen molar-refractivity contribution in [3.8, 4) is 0 Å². The lowest BCUT2D eigenvalue weighted by atomic mass is 10.0. The van der Waals surface area contributed by atoms with Crippen LogP contribution in [0.5, 0.6) is 0 Å². The number of aromatic nitrogens is 5. The number of alkyl carbamates (subject to hydrolysis) is 1. The van der Waals surface area contributed by atoms with E-state index >= 15 is 4.39 Å². The van der Waals surface area contributed by atoms with Crippen molar-refractivity contribution in [3.63, 3.8) is 0 Å². The number of carbonyl (C=O) groups excluding carboxylic acids is 1. The first-order valence-electron chi connectivity index (χ1n) is 12.7. The maximum atomic E-state index is 15.2. The monoisotopic (exact) mass is 534 g/mol. The fraction of sp³-hybridized carbons (Fsp3) is 0.583. The Morgan fingerprint density at radius 3 is 2.89 bits per heavy atom. The Morgan fingerprint density at radius 2 is 2.13 bits per heavy atom. The number of imidazole rings is 1. The minimum absolute atomic E-state index is 0.221. The van der Waals surface area contributed by atoms with Crippen LogP contribution in [0.4, 0.5) is 29.7 Å². The summed E-state index contributed by atoms with van der Waals surface area (Å²) >= 11 is 0. The number of amides is 1. The van der Waals surface area contributed by atoms with Gasteiger partial charge in [0.2, 0.25) is 5.95 Å². The second-order valence-corrected chi connectivity index (χ2v) is 10.5. The Balaban J connectivity index is 1.07. The highest BCUT2D eigenvalue weighted by Gasteiger charge is 2.43. The molecule has 1 amide bonds. The average Bonchev–Trinajstić information content (AvgIpc) is 3.19. The lowest BCUT2D eigenvalue weighted by molar-refractivity contribution is -0.197. The molecule has 6 rings (SSSR count). The van der Waals surface area contributed by atoms with Crippen molar-refractivity contribution in [2.45, 2.75) is 75.6 Å². The van der Waals surface area contributed by atoms with Gasteiger partial charge in [0.1, 0.15) is 17.9 Å². The van der Waals surface area contributed by atoms with Crippen LogP contribution >= 0.6 is 0 Å². The molecule has 1 saturated heterocycles. The number of likely N-dealkylation sites (tertiary alicyclic amines) is 1. The van der Waals surface area contributed by atoms with Crippen LogP contribution in [0.15, 0.2) is 24.5 Å². The smallest absolute Gasteiger partial charge is 0.407 e. The third-order valence-electron chi connectivity index (χ3n) is 7.44. The minimum Gasteiger partial charge on any atom is -0.443 e. The third kappa shape index (κ3) is 5.27. The summed E-state index contributed by atoms with van der Waals surface area (Å²) in [5.74, 6) is 0.461. The summed E-state index contributed by atoms with van der Waals surface area (Å²) in [6.45, 7) is 0.514. The Hall–Kier alpha value is -3.39. The first-order valence-corrected chi connectivity index (χ1v) is 12.7. The minimum atomic E-state index is -2.76. The summed E-state index contributed by atoms with van der Waals surface area (Å²) in [6, 6.07) is 3.49. The maximum Gasteiger partial charge on any atom is 0.407 e. The average molecular weight is 535 g/mol. The Kier molecular flexibility index (Phi) is 6.38. The lowest BCUT2D eigenvalue weighted by Crippen LogP contribution is -2.52. The number of aromatic amines is 1. The normalized spacial score (nSPS) is 25.0. The van der Waals surface area contributed by atoms with Gasteiger partial charge in [-0.25, -0.2) is 19.2 Å². The molecular weight excluding hydrogens is 505 g/mol. The molecule has 3 fully saturated rings. The second-order valence-electron chi connectivity index (χ2n) is 10.5. The Bertz CT molecular complexity index is 1310. The molecule has 0 spiro atoms. The second kappa shape index (κ2) is 9.73. The molecule has 11 nitrogen and oxygen atoms in total. The molecular formula is C24H29F3N8O3. The third-order valence-corrected chi connectivity index (χ3v) is 7.44. The summed E-state index contributed by atoms with van der Waals surface area (Å²) in [7, 11) is 0. The van der Waals surface area contributed by atoms with Crippen molar-refractivity contribution in [1.29, 1.82) is 0 Å². The summed E-state index contributed by atoms with van der Waals surface area (Å²) < 4.78 is 51.5. The van der Waals surface area contributed by atoms with Gasteiger partial charge in [-0.3, -0.25) is 14.4 Å². The van der Waals surface area contributed by atoms with Gasteiger partial charge in [-0.2, -0.15) is 13.9 Å². The van der Waals surface area contributed by atoms with Crippen molar-refractivity contribution < 1.29 is 27.4 Å². The van der Waals surface area contributed by atoms with Gasteiger partial charge in [0.15, 0.2) is 5.82 Å². The quantitative estimate of drug-likeness (QED) is 0.382. The zero-order valence-corrected chi connectivity index (χ0v) is 20.7. The number of halogens is 3. The summed E-state index contributed by atoms with van der Waals surface area (Å²) in [6.07, 6.45) is 3.02. The van der Waals surface area contributed by atoms with Crippen LogP contribution < -0.4 is 10.6 Å². The van der Waals surface area contributed by atoms with E-state index < -0.39 is 37.0 Å². The highest BCUT2D eigenvalue weighted by molar-refractivity contribution is 5.69. The van der Waals surface area contributed by atoms with Crippen LogP contribution in [-0.4, -0.2) is 79.2 Å². The van der Waals surface area contributed by atoms with Crippen LogP contribution in [0.1, 0.15) is 49.9 Å².